The van der Waals surface area contributed by atoms with E-state index in [9.17, 15) is 9.59 Å². The Bertz CT molecular complexity index is 1240. The molecular formula is C26H23Cl2NO4S2. The third kappa shape index (κ3) is 5.59. The minimum atomic E-state index is -0.376. The molecular weight excluding hydrogens is 525 g/mol. The van der Waals surface area contributed by atoms with Crippen LogP contribution in [0.25, 0.3) is 6.08 Å². The number of thiocarbonyl (C=S) groups is 1. The highest BCUT2D eigenvalue weighted by Crippen LogP contribution is 2.60. The van der Waals surface area contributed by atoms with E-state index >= 15 is 0 Å². The zero-order valence-corrected chi connectivity index (χ0v) is 22.4. The number of hydrogen-bond donors (Lipinski definition) is 0. The zero-order chi connectivity index (χ0) is 25.3. The van der Waals surface area contributed by atoms with Gasteiger partial charge in [0.1, 0.15) is 8.81 Å². The molecule has 0 N–H and O–H groups in total. The number of hydrogen-bond acceptors (Lipinski definition) is 6. The van der Waals surface area contributed by atoms with Crippen molar-refractivity contribution >= 4 is 69.5 Å². The fourth-order valence-corrected chi connectivity index (χ4v) is 5.69. The van der Waals surface area contributed by atoms with Gasteiger partial charge in [-0.25, -0.2) is 0 Å². The largest absolute Gasteiger partial charge is 0.493 e. The molecule has 1 aliphatic carbocycles. The lowest BCUT2D eigenvalue weighted by atomic mass is 10.1. The number of ether oxygens (including phenoxy) is 2. The van der Waals surface area contributed by atoms with Gasteiger partial charge in [-0.05, 0) is 46.7 Å². The highest BCUT2D eigenvalue weighted by atomic mass is 35.5. The Labute approximate surface area is 224 Å². The first-order chi connectivity index (χ1) is 16.6. The van der Waals surface area contributed by atoms with Crippen molar-refractivity contribution in [1.82, 2.24) is 4.90 Å². The summed E-state index contributed by atoms with van der Waals surface area (Å²) >= 11 is 18.3. The Morgan fingerprint density at radius 3 is 2.54 bits per heavy atom. The molecule has 182 valence electrons. The Kier molecular flexibility index (Phi) is 7.62. The molecule has 1 saturated heterocycles. The standard InChI is InChI=1S/C26H23Cl2NO4S2/c1-26(2)17(13-21(27)28)22(26)24(31)33-18-10-9-16(11-19(18)32-3)12-20-23(30)29(25(34)35-20)14-15-7-5-4-6-8-15/h4-13,17,22H,14H2,1-3H3/b20-12-/t17-,22+/m0/s1. The third-order valence-electron chi connectivity index (χ3n) is 6.22. The van der Waals surface area contributed by atoms with Crippen LogP contribution in [-0.4, -0.2) is 28.2 Å². The average Bonchev–Trinajstić information content (AvgIpc) is 3.25. The van der Waals surface area contributed by atoms with Gasteiger partial charge in [-0.1, -0.05) is 97.4 Å². The van der Waals surface area contributed by atoms with Crippen molar-refractivity contribution in [3.63, 3.8) is 0 Å². The molecule has 35 heavy (non-hydrogen) atoms. The SMILES string of the molecule is COc1cc(/C=C2\SC(=S)N(Cc3ccccc3)C2=O)ccc1OC(=O)[C@H]1[C@H](C=C(Cl)Cl)C1(C)C. The van der Waals surface area contributed by atoms with Crippen molar-refractivity contribution in [1.29, 1.82) is 0 Å². The summed E-state index contributed by atoms with van der Waals surface area (Å²) in [5, 5.41) is 0. The van der Waals surface area contributed by atoms with Crippen LogP contribution in [0.4, 0.5) is 0 Å². The van der Waals surface area contributed by atoms with Gasteiger partial charge in [0.2, 0.25) is 0 Å². The number of nitrogens with zero attached hydrogens (tertiary/aromatic N) is 1. The summed E-state index contributed by atoms with van der Waals surface area (Å²) in [6.45, 7) is 4.35. The molecule has 0 bridgehead atoms. The van der Waals surface area contributed by atoms with Crippen molar-refractivity contribution < 1.29 is 19.1 Å². The van der Waals surface area contributed by atoms with Crippen molar-refractivity contribution in [3.05, 3.63) is 75.1 Å². The number of thioether (sulfide) groups is 1. The molecule has 0 aromatic heterocycles. The summed E-state index contributed by atoms with van der Waals surface area (Å²) in [5.41, 5.74) is 1.43. The molecule has 2 fully saturated rings. The topological polar surface area (TPSA) is 55.8 Å². The predicted octanol–water partition coefficient (Wildman–Crippen LogP) is 6.59. The molecule has 0 radical (unpaired) electrons. The molecule has 1 aliphatic heterocycles. The predicted molar refractivity (Wildman–Crippen MR) is 144 cm³/mol. The zero-order valence-electron chi connectivity index (χ0n) is 19.3. The van der Waals surface area contributed by atoms with E-state index in [4.69, 9.17) is 44.9 Å². The van der Waals surface area contributed by atoms with Crippen molar-refractivity contribution in [3.8, 4) is 11.5 Å². The van der Waals surface area contributed by atoms with Crippen molar-refractivity contribution in [2.24, 2.45) is 17.3 Å². The summed E-state index contributed by atoms with van der Waals surface area (Å²) in [4.78, 5) is 27.9. The minimum Gasteiger partial charge on any atom is -0.493 e. The van der Waals surface area contributed by atoms with Crippen molar-refractivity contribution in [2.45, 2.75) is 20.4 Å². The summed E-state index contributed by atoms with van der Waals surface area (Å²) < 4.78 is 11.8. The molecule has 2 aromatic carbocycles. The second-order valence-corrected chi connectivity index (χ2v) is 11.5. The minimum absolute atomic E-state index is 0.0944. The molecule has 0 spiro atoms. The quantitative estimate of drug-likeness (QED) is 0.168. The second kappa shape index (κ2) is 10.3. The van der Waals surface area contributed by atoms with Crippen LogP contribution in [0.2, 0.25) is 0 Å². The van der Waals surface area contributed by atoms with E-state index in [1.54, 1.807) is 35.3 Å². The lowest BCUT2D eigenvalue weighted by Crippen LogP contribution is -2.27. The van der Waals surface area contributed by atoms with Crippen LogP contribution in [0.5, 0.6) is 11.5 Å². The summed E-state index contributed by atoms with van der Waals surface area (Å²) in [5.74, 6) is -0.292. The lowest BCUT2D eigenvalue weighted by molar-refractivity contribution is -0.136. The molecule has 5 nitrogen and oxygen atoms in total. The number of carbonyl (C=O) groups excluding carboxylic acids is 2. The first-order valence-corrected chi connectivity index (χ1v) is 12.8. The molecule has 4 rings (SSSR count). The number of benzene rings is 2. The van der Waals surface area contributed by atoms with Gasteiger partial charge in [0.25, 0.3) is 5.91 Å². The first kappa shape index (κ1) is 25.8. The maximum absolute atomic E-state index is 13.0. The smallest absolute Gasteiger partial charge is 0.315 e. The van der Waals surface area contributed by atoms with Gasteiger partial charge in [-0.2, -0.15) is 0 Å². The molecule has 2 aliphatic rings. The van der Waals surface area contributed by atoms with Crippen LogP contribution in [0.1, 0.15) is 25.0 Å². The number of carbonyl (C=O) groups is 2. The molecule has 1 amide bonds. The van der Waals surface area contributed by atoms with Crippen molar-refractivity contribution in [2.75, 3.05) is 7.11 Å². The van der Waals surface area contributed by atoms with Crippen LogP contribution < -0.4 is 9.47 Å². The maximum Gasteiger partial charge on any atom is 0.315 e. The van der Waals surface area contributed by atoms with E-state index in [1.807, 2.05) is 44.2 Å². The monoisotopic (exact) mass is 547 g/mol. The van der Waals surface area contributed by atoms with Gasteiger partial charge < -0.3 is 9.47 Å². The van der Waals surface area contributed by atoms with Crippen LogP contribution in [-0.2, 0) is 16.1 Å². The molecule has 1 saturated carbocycles. The number of allylic oxidation sites excluding steroid dienone is 1. The normalized spacial score (nSPS) is 21.7. The van der Waals surface area contributed by atoms with Gasteiger partial charge in [-0.15, -0.1) is 0 Å². The fraction of sp³-hybridized carbons (Fsp3) is 0.269. The highest BCUT2D eigenvalue weighted by molar-refractivity contribution is 8.26. The second-order valence-electron chi connectivity index (χ2n) is 8.87. The Balaban J connectivity index is 1.49. The number of amides is 1. The summed E-state index contributed by atoms with van der Waals surface area (Å²) in [7, 11) is 1.50. The van der Waals surface area contributed by atoms with Gasteiger partial charge in [0.15, 0.2) is 11.5 Å². The number of esters is 1. The Hall–Kier alpha value is -2.32. The third-order valence-corrected chi connectivity index (χ3v) is 7.85. The molecule has 0 unspecified atom stereocenters. The number of halogens is 2. The van der Waals surface area contributed by atoms with Gasteiger partial charge in [0.05, 0.1) is 24.5 Å². The summed E-state index contributed by atoms with van der Waals surface area (Å²) in [6.07, 6.45) is 3.43. The van der Waals surface area contributed by atoms with Gasteiger partial charge in [-0.3, -0.25) is 14.5 Å². The molecule has 2 aromatic rings. The number of rotatable bonds is 7. The molecule has 2 atom stereocenters. The van der Waals surface area contributed by atoms with Crippen LogP contribution >= 0.6 is 47.2 Å². The fourth-order valence-electron chi connectivity index (χ4n) is 4.16. The molecule has 9 heteroatoms. The highest BCUT2D eigenvalue weighted by Gasteiger charge is 2.61. The van der Waals surface area contributed by atoms with E-state index < -0.39 is 0 Å². The van der Waals surface area contributed by atoms with Crippen LogP contribution in [0, 0.1) is 17.3 Å². The van der Waals surface area contributed by atoms with Gasteiger partial charge >= 0.3 is 5.97 Å². The average molecular weight is 549 g/mol. The van der Waals surface area contributed by atoms with E-state index in [0.29, 0.717) is 27.3 Å². The Morgan fingerprint density at radius 2 is 1.89 bits per heavy atom. The van der Waals surface area contributed by atoms with E-state index in [-0.39, 0.29) is 33.6 Å². The summed E-state index contributed by atoms with van der Waals surface area (Å²) in [6, 6.07) is 14.8. The van der Waals surface area contributed by atoms with E-state index in [0.717, 1.165) is 11.1 Å². The van der Waals surface area contributed by atoms with Crippen LogP contribution in [0.3, 0.4) is 0 Å². The molecule has 1 heterocycles. The lowest BCUT2D eigenvalue weighted by Gasteiger charge is -2.14. The Morgan fingerprint density at radius 1 is 1.17 bits per heavy atom. The van der Waals surface area contributed by atoms with Crippen LogP contribution in [0.15, 0.2) is 64.0 Å². The maximum atomic E-state index is 13.0. The van der Waals surface area contributed by atoms with E-state index in [1.165, 1.54) is 18.9 Å². The van der Waals surface area contributed by atoms with E-state index in [2.05, 4.69) is 0 Å². The van der Waals surface area contributed by atoms with Gasteiger partial charge in [0, 0.05) is 0 Å². The number of methoxy groups -OCH3 is 1. The first-order valence-electron chi connectivity index (χ1n) is 10.8.